The molecule has 0 amide bonds. The molecule has 0 saturated heterocycles. The maximum Gasteiger partial charge on any atom is 0.256 e. The van der Waals surface area contributed by atoms with Crippen LogP contribution in [-0.4, -0.2) is 13.4 Å². The van der Waals surface area contributed by atoms with Crippen molar-refractivity contribution in [3.8, 4) is 67.5 Å². The molecular weight excluding hydrogens is 1200 g/mol. The third-order valence-electron chi connectivity index (χ3n) is 22.7. The molecule has 0 fully saturated rings. The minimum Gasteiger partial charge on any atom is -0.458 e. The lowest BCUT2D eigenvalue weighted by molar-refractivity contribution is 0.479. The van der Waals surface area contributed by atoms with Gasteiger partial charge in [0.15, 0.2) is 0 Å². The minimum atomic E-state index is -0.594. The second kappa shape index (κ2) is 21.0. The summed E-state index contributed by atoms with van der Waals surface area (Å²) in [5.41, 5.74) is 33.8. The van der Waals surface area contributed by atoms with Crippen LogP contribution in [0.5, 0.6) is 23.0 Å². The van der Waals surface area contributed by atoms with Gasteiger partial charge in [0, 0.05) is 34.0 Å². The number of rotatable bonds is 4. The molecule has 6 aliphatic rings. The molecule has 6 heteroatoms. The van der Waals surface area contributed by atoms with Gasteiger partial charge in [-0.05, 0) is 216 Å². The molecule has 1 spiro atoms. The molecular formula is C93H84B2N2O2. The summed E-state index contributed by atoms with van der Waals surface area (Å²) in [6.07, 6.45) is 0. The van der Waals surface area contributed by atoms with Crippen LogP contribution in [0.25, 0.3) is 44.5 Å². The van der Waals surface area contributed by atoms with Crippen LogP contribution in [-0.2, 0) is 32.5 Å². The second-order valence-corrected chi connectivity index (χ2v) is 34.0. The lowest BCUT2D eigenvalue weighted by Gasteiger charge is -2.45. The fourth-order valence-electron chi connectivity index (χ4n) is 17.6. The van der Waals surface area contributed by atoms with E-state index in [0.717, 1.165) is 84.7 Å². The van der Waals surface area contributed by atoms with Gasteiger partial charge in [-0.25, -0.2) is 0 Å². The van der Waals surface area contributed by atoms with E-state index in [2.05, 4.69) is 350 Å². The highest BCUT2D eigenvalue weighted by Gasteiger charge is 2.54. The van der Waals surface area contributed by atoms with Crippen molar-refractivity contribution in [1.82, 2.24) is 0 Å². The third kappa shape index (κ3) is 9.05. The van der Waals surface area contributed by atoms with E-state index in [4.69, 9.17) is 9.47 Å². The molecule has 4 heterocycles. The fraction of sp³-hybridized carbons (Fsp3) is 0.226. The SMILES string of the molecule is CC(C)(C)c1cccc(N2c3cc4c(cc3B3c5ccc(C(C)(C)C)cc5Oc5cc(C(C)(C)C)cc2c53)B2c3ccc(C(C)(C)C)cc3Oc3cc(-c5cccc6c5C5(c7ccccc7-c7ccccc75)c5ccccc5-6)cc(c32)N4c2ccc(C(C)(C)C)cc2-c2ccccc2)c1. The van der Waals surface area contributed by atoms with Gasteiger partial charge < -0.3 is 19.3 Å². The van der Waals surface area contributed by atoms with Crippen LogP contribution < -0.4 is 52.1 Å². The van der Waals surface area contributed by atoms with Crippen molar-refractivity contribution in [2.24, 2.45) is 0 Å². The van der Waals surface area contributed by atoms with Crippen molar-refractivity contribution in [2.45, 2.75) is 136 Å². The number of fused-ring (bicyclic) bond motifs is 18. The first-order valence-electron chi connectivity index (χ1n) is 35.8. The smallest absolute Gasteiger partial charge is 0.256 e. The van der Waals surface area contributed by atoms with E-state index in [1.807, 2.05) is 0 Å². The van der Waals surface area contributed by atoms with E-state index in [1.54, 1.807) is 0 Å². The number of ether oxygens (including phenoxy) is 2. The average Bonchev–Trinajstić information content (AvgIpc) is 1.66. The zero-order chi connectivity index (χ0) is 68.4. The van der Waals surface area contributed by atoms with Crippen molar-refractivity contribution in [3.63, 3.8) is 0 Å². The molecule has 4 aliphatic heterocycles. The molecule has 0 unspecified atom stereocenters. The Morgan fingerprint density at radius 2 is 0.717 bits per heavy atom. The Morgan fingerprint density at radius 3 is 1.28 bits per heavy atom. The summed E-state index contributed by atoms with van der Waals surface area (Å²) in [5, 5.41) is 0. The topological polar surface area (TPSA) is 24.9 Å². The monoisotopic (exact) mass is 1280 g/mol. The third-order valence-corrected chi connectivity index (χ3v) is 22.7. The second-order valence-electron chi connectivity index (χ2n) is 34.0. The van der Waals surface area contributed by atoms with Gasteiger partial charge >= 0.3 is 0 Å². The number of nitrogens with zero attached hydrogens (tertiary/aromatic N) is 2. The molecule has 12 aromatic rings. The van der Waals surface area contributed by atoms with Gasteiger partial charge in [-0.1, -0.05) is 274 Å². The highest BCUT2D eigenvalue weighted by molar-refractivity contribution is 7.02. The zero-order valence-corrected chi connectivity index (χ0v) is 59.9. The molecule has 484 valence electrons. The molecule has 0 aromatic heterocycles. The Balaban J connectivity index is 0.991. The first-order valence-corrected chi connectivity index (χ1v) is 35.8. The molecule has 12 aromatic carbocycles. The van der Waals surface area contributed by atoms with E-state index >= 15 is 0 Å². The maximum absolute atomic E-state index is 7.82. The van der Waals surface area contributed by atoms with Crippen molar-refractivity contribution < 1.29 is 9.47 Å². The van der Waals surface area contributed by atoms with Crippen molar-refractivity contribution in [1.29, 1.82) is 0 Å². The van der Waals surface area contributed by atoms with Crippen LogP contribution in [0.2, 0.25) is 0 Å². The molecule has 2 aliphatic carbocycles. The summed E-state index contributed by atoms with van der Waals surface area (Å²) in [4.78, 5) is 5.28. The first kappa shape index (κ1) is 61.3. The Morgan fingerprint density at radius 1 is 0.273 bits per heavy atom. The van der Waals surface area contributed by atoms with Crippen LogP contribution in [0, 0.1) is 0 Å². The van der Waals surface area contributed by atoms with E-state index < -0.39 is 5.41 Å². The Bertz CT molecular complexity index is 5380. The summed E-state index contributed by atoms with van der Waals surface area (Å²) in [6, 6.07) is 91.7. The molecule has 0 bridgehead atoms. The number of anilines is 6. The normalized spacial score (nSPS) is 14.8. The summed E-state index contributed by atoms with van der Waals surface area (Å²) in [5.74, 6) is 3.61. The summed E-state index contributed by atoms with van der Waals surface area (Å²) < 4.78 is 15.3. The summed E-state index contributed by atoms with van der Waals surface area (Å²) in [7, 11) is 0. The van der Waals surface area contributed by atoms with Crippen LogP contribution in [0.15, 0.2) is 237 Å². The molecule has 4 nitrogen and oxygen atoms in total. The van der Waals surface area contributed by atoms with E-state index in [-0.39, 0.29) is 40.5 Å². The lowest BCUT2D eigenvalue weighted by atomic mass is 9.30. The van der Waals surface area contributed by atoms with Gasteiger partial charge in [0.1, 0.15) is 23.0 Å². The van der Waals surface area contributed by atoms with Crippen LogP contribution >= 0.6 is 0 Å². The Hall–Kier alpha value is -10.0. The maximum atomic E-state index is 7.82. The first-order chi connectivity index (χ1) is 47.2. The van der Waals surface area contributed by atoms with E-state index in [0.29, 0.717) is 0 Å². The van der Waals surface area contributed by atoms with E-state index in [9.17, 15) is 0 Å². The fourth-order valence-corrected chi connectivity index (χ4v) is 17.6. The number of hydrogen-bond acceptors (Lipinski definition) is 4. The number of benzene rings is 12. The average molecular weight is 1280 g/mol. The Kier molecular flexibility index (Phi) is 13.0. The zero-order valence-electron chi connectivity index (χ0n) is 59.9. The van der Waals surface area contributed by atoms with Crippen molar-refractivity contribution in [2.75, 3.05) is 9.80 Å². The highest BCUT2D eigenvalue weighted by atomic mass is 16.5. The Labute approximate surface area is 586 Å². The largest absolute Gasteiger partial charge is 0.458 e. The van der Waals surface area contributed by atoms with Crippen LogP contribution in [0.3, 0.4) is 0 Å². The van der Waals surface area contributed by atoms with Gasteiger partial charge in [0.05, 0.1) is 11.1 Å². The quantitative estimate of drug-likeness (QED) is 0.164. The summed E-state index contributed by atoms with van der Waals surface area (Å²) >= 11 is 0. The molecule has 99 heavy (non-hydrogen) atoms. The lowest BCUT2D eigenvalue weighted by Crippen LogP contribution is -2.64. The van der Waals surface area contributed by atoms with Gasteiger partial charge in [0.25, 0.3) is 13.4 Å². The molecule has 0 saturated carbocycles. The predicted molar refractivity (Wildman–Crippen MR) is 419 cm³/mol. The molecule has 0 radical (unpaired) electrons. The highest BCUT2D eigenvalue weighted by Crippen LogP contribution is 2.65. The molecule has 18 rings (SSSR count). The summed E-state index contributed by atoms with van der Waals surface area (Å²) in [6.45, 7) is 34.5. The minimum absolute atomic E-state index is 0.1000. The number of hydrogen-bond donors (Lipinski definition) is 0. The molecule has 0 N–H and O–H groups in total. The van der Waals surface area contributed by atoms with Gasteiger partial charge in [-0.3, -0.25) is 0 Å². The van der Waals surface area contributed by atoms with Gasteiger partial charge in [0.2, 0.25) is 0 Å². The van der Waals surface area contributed by atoms with Crippen molar-refractivity contribution in [3.05, 3.63) is 287 Å². The van der Waals surface area contributed by atoms with E-state index in [1.165, 1.54) is 99.7 Å². The van der Waals surface area contributed by atoms with Crippen molar-refractivity contribution >= 4 is 80.3 Å². The predicted octanol–water partition coefficient (Wildman–Crippen LogP) is 20.7. The van der Waals surface area contributed by atoms with Crippen LogP contribution in [0.1, 0.15) is 154 Å². The molecule has 0 atom stereocenters. The van der Waals surface area contributed by atoms with Gasteiger partial charge in [-0.15, -0.1) is 0 Å². The van der Waals surface area contributed by atoms with Gasteiger partial charge in [-0.2, -0.15) is 0 Å². The standard InChI is InChI=1S/C93H84B2N2O2/c1-88(2,3)57-29-25-30-62(47-57)96-77-54-78-75(53-74(77)94-73-43-40-60(91(10,11)12)51-82(73)99-84-52-61(92(13,14)15)49-80(96)87(84)94)95-72-42-39-59(90(7,8)9)50-81(72)98-83-46-56(45-79(86(83)95)97(78)76-44-41-58(89(4,5)6)48-68(76)55-27-17-16-18-28-55)63-34-26-35-67-66-33-21-24-38-71(66)93(85(63)67)69-36-22-19-31-64(69)65-32-20-23-37-70(65)93/h16-54H,1-15H3. The van der Waals surface area contributed by atoms with Crippen LogP contribution in [0.4, 0.5) is 34.1 Å².